The van der Waals surface area contributed by atoms with Crippen molar-refractivity contribution in [3.8, 4) is 0 Å². The molecule has 0 aliphatic carbocycles. The van der Waals surface area contributed by atoms with E-state index in [1.165, 1.54) is 7.11 Å². The maximum Gasteiger partial charge on any atom is 0.333 e. The van der Waals surface area contributed by atoms with Crippen molar-refractivity contribution in [1.29, 1.82) is 0 Å². The molecular weight excluding hydrogens is 308 g/mol. The van der Waals surface area contributed by atoms with Crippen LogP contribution in [0, 0.1) is 11.8 Å². The van der Waals surface area contributed by atoms with Gasteiger partial charge < -0.3 is 19.3 Å². The van der Waals surface area contributed by atoms with Crippen molar-refractivity contribution in [2.75, 3.05) is 26.2 Å². The highest BCUT2D eigenvalue weighted by Crippen LogP contribution is 2.28. The third kappa shape index (κ3) is 5.88. The van der Waals surface area contributed by atoms with E-state index in [1.807, 2.05) is 6.92 Å². The molecule has 0 aromatic heterocycles. The number of methoxy groups -OCH3 is 1. The second kappa shape index (κ2) is 10.2. The number of alkyl halides is 1. The van der Waals surface area contributed by atoms with E-state index in [1.54, 1.807) is 13.0 Å². The Morgan fingerprint density at radius 3 is 2.59 bits per heavy atom. The normalized spacial score (nSPS) is 20.7. The van der Waals surface area contributed by atoms with Gasteiger partial charge in [-0.25, -0.2) is 4.79 Å². The predicted octanol–water partition coefficient (Wildman–Crippen LogP) is 2.50. The van der Waals surface area contributed by atoms with E-state index in [0.717, 1.165) is 19.3 Å². The molecular formula is C16H27ClO5. The average Bonchev–Trinajstić information content (AvgIpc) is 3.04. The van der Waals surface area contributed by atoms with Crippen molar-refractivity contribution in [3.05, 3.63) is 11.6 Å². The first kappa shape index (κ1) is 19.4. The largest absolute Gasteiger partial charge is 0.466 e. The Balaban J connectivity index is 2.71. The highest BCUT2D eigenvalue weighted by molar-refractivity contribution is 6.17. The molecule has 6 heteroatoms. The van der Waals surface area contributed by atoms with Crippen molar-refractivity contribution < 1.29 is 24.1 Å². The second-order valence-electron chi connectivity index (χ2n) is 5.65. The van der Waals surface area contributed by atoms with Gasteiger partial charge in [0.05, 0.1) is 26.4 Å². The number of unbranched alkanes of at least 4 members (excludes halogenated alkanes) is 1. The number of ether oxygens (including phenoxy) is 3. The van der Waals surface area contributed by atoms with Crippen molar-refractivity contribution in [2.45, 2.75) is 45.5 Å². The molecule has 0 aromatic rings. The minimum Gasteiger partial charge on any atom is -0.466 e. The third-order valence-electron chi connectivity index (χ3n) is 3.92. The fourth-order valence-corrected chi connectivity index (χ4v) is 2.87. The quantitative estimate of drug-likeness (QED) is 0.304. The van der Waals surface area contributed by atoms with E-state index in [2.05, 4.69) is 4.74 Å². The summed E-state index contributed by atoms with van der Waals surface area (Å²) in [6.45, 7) is 4.66. The van der Waals surface area contributed by atoms with Gasteiger partial charge in [0.1, 0.15) is 0 Å². The zero-order chi connectivity index (χ0) is 16.5. The van der Waals surface area contributed by atoms with Crippen LogP contribution < -0.4 is 0 Å². The van der Waals surface area contributed by atoms with Crippen LogP contribution in [-0.2, 0) is 19.0 Å². The van der Waals surface area contributed by atoms with Gasteiger partial charge in [-0.05, 0) is 19.8 Å². The number of hydrogen-bond donors (Lipinski definition) is 1. The van der Waals surface area contributed by atoms with E-state index in [0.29, 0.717) is 24.7 Å². The van der Waals surface area contributed by atoms with Crippen LogP contribution >= 0.6 is 11.6 Å². The molecule has 1 aliphatic heterocycles. The summed E-state index contributed by atoms with van der Waals surface area (Å²) in [5.74, 6) is -0.118. The van der Waals surface area contributed by atoms with Crippen LogP contribution in [0.5, 0.6) is 0 Å². The SMILES string of the molecule is COC(=O)/C(C)=C/[C@H](C)[C@@H](O)[C@@H](CCCCCl)C1OCCO1. The summed E-state index contributed by atoms with van der Waals surface area (Å²) in [6.07, 6.45) is 3.26. The van der Waals surface area contributed by atoms with Crippen LogP contribution in [0.4, 0.5) is 0 Å². The van der Waals surface area contributed by atoms with Gasteiger partial charge in [-0.2, -0.15) is 0 Å². The van der Waals surface area contributed by atoms with Gasteiger partial charge in [-0.15, -0.1) is 11.6 Å². The van der Waals surface area contributed by atoms with Crippen molar-refractivity contribution in [3.63, 3.8) is 0 Å². The number of hydrogen-bond acceptors (Lipinski definition) is 5. The molecule has 0 bridgehead atoms. The van der Waals surface area contributed by atoms with Crippen LogP contribution in [0.3, 0.4) is 0 Å². The van der Waals surface area contributed by atoms with Crippen molar-refractivity contribution >= 4 is 17.6 Å². The van der Waals surface area contributed by atoms with E-state index < -0.39 is 6.10 Å². The smallest absolute Gasteiger partial charge is 0.333 e. The van der Waals surface area contributed by atoms with Crippen molar-refractivity contribution in [1.82, 2.24) is 0 Å². The molecule has 1 heterocycles. The first-order chi connectivity index (χ1) is 10.5. The summed E-state index contributed by atoms with van der Waals surface area (Å²) in [4.78, 5) is 11.5. The number of esters is 1. The molecule has 22 heavy (non-hydrogen) atoms. The lowest BCUT2D eigenvalue weighted by Gasteiger charge is -2.30. The summed E-state index contributed by atoms with van der Waals surface area (Å²) in [7, 11) is 1.34. The molecule has 0 saturated carbocycles. The fraction of sp³-hybridized carbons (Fsp3) is 0.812. The minimum absolute atomic E-state index is 0.137. The van der Waals surface area contributed by atoms with Crippen LogP contribution in [0.1, 0.15) is 33.1 Å². The van der Waals surface area contributed by atoms with Crippen LogP contribution in [-0.4, -0.2) is 49.7 Å². The number of aliphatic hydroxyl groups is 1. The van der Waals surface area contributed by atoms with Crippen molar-refractivity contribution in [2.24, 2.45) is 11.8 Å². The molecule has 1 rings (SSSR count). The van der Waals surface area contributed by atoms with Gasteiger partial charge in [0.25, 0.3) is 0 Å². The summed E-state index contributed by atoms with van der Waals surface area (Å²) in [5.41, 5.74) is 0.488. The van der Waals surface area contributed by atoms with Crippen LogP contribution in [0.2, 0.25) is 0 Å². The Morgan fingerprint density at radius 1 is 1.41 bits per heavy atom. The van der Waals surface area contributed by atoms with E-state index in [-0.39, 0.29) is 24.1 Å². The predicted molar refractivity (Wildman–Crippen MR) is 84.7 cm³/mol. The molecule has 0 unspecified atom stereocenters. The molecule has 0 radical (unpaired) electrons. The Morgan fingerprint density at radius 2 is 2.05 bits per heavy atom. The Hall–Kier alpha value is -0.620. The minimum atomic E-state index is -0.655. The van der Waals surface area contributed by atoms with Crippen LogP contribution in [0.15, 0.2) is 11.6 Å². The first-order valence-corrected chi connectivity index (χ1v) is 8.28. The standard InChI is InChI=1S/C16H27ClO5/c1-11(10-12(2)15(19)20-3)14(18)13(6-4-5-7-17)16-21-8-9-22-16/h10-11,13-14,16,18H,4-9H2,1-3H3/b12-10+/t11-,13+,14+/m0/s1. The summed E-state index contributed by atoms with van der Waals surface area (Å²) >= 11 is 5.72. The molecule has 3 atom stereocenters. The van der Waals surface area contributed by atoms with E-state index >= 15 is 0 Å². The molecule has 0 spiro atoms. The van der Waals surface area contributed by atoms with Gasteiger partial charge in [0.15, 0.2) is 6.29 Å². The summed E-state index contributed by atoms with van der Waals surface area (Å²) < 4.78 is 15.8. The van der Waals surface area contributed by atoms with Crippen LogP contribution in [0.25, 0.3) is 0 Å². The number of rotatable bonds is 9. The van der Waals surface area contributed by atoms with Gasteiger partial charge in [0, 0.05) is 23.3 Å². The lowest BCUT2D eigenvalue weighted by molar-refractivity contribution is -0.136. The third-order valence-corrected chi connectivity index (χ3v) is 4.18. The molecule has 1 saturated heterocycles. The topological polar surface area (TPSA) is 65.0 Å². The zero-order valence-electron chi connectivity index (χ0n) is 13.6. The lowest BCUT2D eigenvalue weighted by Crippen LogP contribution is -2.36. The highest BCUT2D eigenvalue weighted by atomic mass is 35.5. The first-order valence-electron chi connectivity index (χ1n) is 7.75. The van der Waals surface area contributed by atoms with Gasteiger partial charge >= 0.3 is 5.97 Å². The van der Waals surface area contributed by atoms with Gasteiger partial charge in [0.2, 0.25) is 0 Å². The number of aliphatic hydroxyl groups excluding tert-OH is 1. The molecule has 1 aliphatic rings. The number of carbonyl (C=O) groups excluding carboxylic acids is 1. The van der Waals surface area contributed by atoms with E-state index in [9.17, 15) is 9.90 Å². The lowest BCUT2D eigenvalue weighted by atomic mass is 9.86. The monoisotopic (exact) mass is 334 g/mol. The average molecular weight is 335 g/mol. The summed E-state index contributed by atoms with van der Waals surface area (Å²) in [6, 6.07) is 0. The fourth-order valence-electron chi connectivity index (χ4n) is 2.68. The number of carbonyl (C=O) groups is 1. The summed E-state index contributed by atoms with van der Waals surface area (Å²) in [5, 5.41) is 10.7. The molecule has 0 amide bonds. The molecule has 1 N–H and O–H groups in total. The molecule has 128 valence electrons. The zero-order valence-corrected chi connectivity index (χ0v) is 14.3. The maximum absolute atomic E-state index is 11.5. The Bertz CT molecular complexity index is 366. The number of halogens is 1. The second-order valence-corrected chi connectivity index (χ2v) is 6.03. The van der Waals surface area contributed by atoms with Gasteiger partial charge in [-0.1, -0.05) is 19.4 Å². The molecule has 5 nitrogen and oxygen atoms in total. The van der Waals surface area contributed by atoms with Gasteiger partial charge in [-0.3, -0.25) is 0 Å². The molecule has 0 aromatic carbocycles. The molecule has 1 fully saturated rings. The Kier molecular flexibility index (Phi) is 9.02. The highest BCUT2D eigenvalue weighted by Gasteiger charge is 2.34. The maximum atomic E-state index is 11.5. The van der Waals surface area contributed by atoms with E-state index in [4.69, 9.17) is 21.1 Å². The Labute approximate surface area is 137 Å².